The van der Waals surface area contributed by atoms with Crippen LogP contribution in [0.1, 0.15) is 32.8 Å². The molecule has 5 nitrogen and oxygen atoms in total. The molecule has 0 atom stereocenters. The number of fused-ring (bicyclic) bond motifs is 1. The minimum atomic E-state index is -0.191. The summed E-state index contributed by atoms with van der Waals surface area (Å²) in [5.41, 5.74) is 2.72. The van der Waals surface area contributed by atoms with Gasteiger partial charge in [0.25, 0.3) is 0 Å². The predicted octanol–water partition coefficient (Wildman–Crippen LogP) is 6.08. The summed E-state index contributed by atoms with van der Waals surface area (Å²) in [7, 11) is 1.74. The van der Waals surface area contributed by atoms with Crippen LogP contribution in [0.3, 0.4) is 0 Å². The fourth-order valence-electron chi connectivity index (χ4n) is 2.76. The van der Waals surface area contributed by atoms with E-state index in [1.807, 2.05) is 54.6 Å². The van der Waals surface area contributed by atoms with Gasteiger partial charge in [-0.1, -0.05) is 80.9 Å². The Morgan fingerprint density at radius 3 is 1.91 bits per heavy atom. The van der Waals surface area contributed by atoms with Crippen molar-refractivity contribution in [1.29, 1.82) is 0 Å². The van der Waals surface area contributed by atoms with Crippen molar-refractivity contribution in [2.75, 3.05) is 7.05 Å². The van der Waals surface area contributed by atoms with Crippen LogP contribution in [0.25, 0.3) is 22.7 Å². The summed E-state index contributed by atoms with van der Waals surface area (Å²) in [5, 5.41) is 2.91. The zero-order valence-electron chi connectivity index (χ0n) is 20.5. The van der Waals surface area contributed by atoms with Crippen LogP contribution in [0.15, 0.2) is 90.4 Å². The fraction of sp³-hybridized carbons (Fsp3) is 0.222. The van der Waals surface area contributed by atoms with Crippen molar-refractivity contribution in [2.24, 2.45) is 0 Å². The first kappa shape index (κ1) is 30.5. The topological polar surface area (TPSA) is 51.9 Å². The molecule has 2 aromatic heterocycles. The van der Waals surface area contributed by atoms with Crippen molar-refractivity contribution in [3.63, 3.8) is 0 Å². The van der Waals surface area contributed by atoms with Gasteiger partial charge in [0.05, 0.1) is 11.0 Å². The van der Waals surface area contributed by atoms with Crippen molar-refractivity contribution in [3.05, 3.63) is 109 Å². The summed E-state index contributed by atoms with van der Waals surface area (Å²) in [4.78, 5) is 16.9. The summed E-state index contributed by atoms with van der Waals surface area (Å²) >= 11 is 0. The second-order valence-corrected chi connectivity index (χ2v) is 6.69. The zero-order chi connectivity index (χ0) is 23.9. The first-order valence-corrected chi connectivity index (χ1v) is 10.8. The second-order valence-electron chi connectivity index (χ2n) is 6.69. The number of imidazole rings is 1. The van der Waals surface area contributed by atoms with Crippen molar-refractivity contribution >= 4 is 16.9 Å². The molecule has 2 heterocycles. The van der Waals surface area contributed by atoms with E-state index in [0.29, 0.717) is 11.6 Å². The quantitative estimate of drug-likeness (QED) is 0.333. The normalized spacial score (nSPS) is 9.03. The molecular weight excluding hydrogens is 485 g/mol. The van der Waals surface area contributed by atoms with Gasteiger partial charge in [0.1, 0.15) is 11.6 Å². The van der Waals surface area contributed by atoms with E-state index in [9.17, 15) is 4.79 Å². The number of rotatable bonds is 3. The van der Waals surface area contributed by atoms with E-state index in [1.165, 1.54) is 12.0 Å². The van der Waals surface area contributed by atoms with Crippen molar-refractivity contribution in [3.8, 4) is 5.82 Å². The maximum Gasteiger partial charge on any atom is 0.340 e. The van der Waals surface area contributed by atoms with Crippen LogP contribution in [-0.4, -0.2) is 21.2 Å². The van der Waals surface area contributed by atoms with E-state index in [-0.39, 0.29) is 38.4 Å². The van der Waals surface area contributed by atoms with Crippen molar-refractivity contribution in [2.45, 2.75) is 34.1 Å². The molecule has 0 saturated carbocycles. The Kier molecular flexibility index (Phi) is 15.8. The molecule has 1 N–H and O–H groups in total. The number of benzene rings is 2. The molecule has 0 saturated heterocycles. The van der Waals surface area contributed by atoms with E-state index < -0.39 is 0 Å². The Bertz CT molecular complexity index is 1120. The zero-order valence-corrected chi connectivity index (χ0v) is 23.3. The minimum Gasteiger partial charge on any atom is -0.375 e. The first-order valence-electron chi connectivity index (χ1n) is 10.8. The molecule has 0 fully saturated rings. The van der Waals surface area contributed by atoms with Crippen molar-refractivity contribution in [1.82, 2.24) is 19.4 Å². The molecule has 1 radical (unpaired) electrons. The Hall–Kier alpha value is -2.50. The van der Waals surface area contributed by atoms with Gasteiger partial charge in [-0.3, -0.25) is 0 Å². The fourth-order valence-corrected chi connectivity index (χ4v) is 2.76. The number of para-hydroxylation sites is 2. The number of aryl methyl sites for hydroxylation is 1. The van der Waals surface area contributed by atoms with Gasteiger partial charge in [-0.25, -0.2) is 18.9 Å². The van der Waals surface area contributed by atoms with Gasteiger partial charge in [0.2, 0.25) is 0 Å². The Balaban J connectivity index is 0.000000659. The number of aromatic nitrogens is 3. The molecule has 6 heteroatoms. The molecule has 0 aliphatic carbocycles. The Labute approximate surface area is 223 Å². The smallest absolute Gasteiger partial charge is 0.340 e. The Morgan fingerprint density at radius 2 is 1.45 bits per heavy atom. The summed E-state index contributed by atoms with van der Waals surface area (Å²) in [6.45, 7) is 15.2. The molecule has 0 aliphatic rings. The van der Waals surface area contributed by atoms with E-state index in [4.69, 9.17) is 0 Å². The number of hydrogen-bond donors (Lipinski definition) is 1. The predicted molar refractivity (Wildman–Crippen MR) is 138 cm³/mol. The molecule has 33 heavy (non-hydrogen) atoms. The van der Waals surface area contributed by atoms with Crippen LogP contribution in [-0.2, 0) is 32.7 Å². The SMILES string of the molecule is C=C(NC)n1c(=O)n(-c2ccccn2)c2ccccc21.CCC.Cc1ccccc1.[CH2-]C.[Y]. The van der Waals surface area contributed by atoms with E-state index >= 15 is 0 Å². The molecule has 4 rings (SSSR count). The molecule has 4 aromatic rings. The van der Waals surface area contributed by atoms with Crippen molar-refractivity contribution < 1.29 is 32.7 Å². The third-order valence-electron chi connectivity index (χ3n) is 4.12. The molecule has 2 aromatic carbocycles. The maximum absolute atomic E-state index is 12.7. The number of pyridine rings is 1. The van der Waals surface area contributed by atoms with Gasteiger partial charge in [0.15, 0.2) is 0 Å². The van der Waals surface area contributed by atoms with Crippen LogP contribution in [0.2, 0.25) is 0 Å². The van der Waals surface area contributed by atoms with E-state index in [2.05, 4.69) is 56.7 Å². The second kappa shape index (κ2) is 17.0. The largest absolute Gasteiger partial charge is 0.375 e. The molecular formula is C27H35N4OY-. The van der Waals surface area contributed by atoms with Crippen LogP contribution in [0, 0.1) is 13.8 Å². The molecule has 0 bridgehead atoms. The van der Waals surface area contributed by atoms with Gasteiger partial charge in [-0.15, -0.1) is 0 Å². The Morgan fingerprint density at radius 1 is 0.939 bits per heavy atom. The van der Waals surface area contributed by atoms with E-state index in [0.717, 1.165) is 11.0 Å². The summed E-state index contributed by atoms with van der Waals surface area (Å²) in [5.74, 6) is 1.12. The molecule has 173 valence electrons. The van der Waals surface area contributed by atoms with E-state index in [1.54, 1.807) is 35.4 Å². The minimum absolute atomic E-state index is 0. The average molecular weight is 521 g/mol. The number of nitrogens with one attached hydrogen (secondary N) is 1. The molecule has 0 aliphatic heterocycles. The average Bonchev–Trinajstić information content (AvgIpc) is 3.13. The monoisotopic (exact) mass is 520 g/mol. The summed E-state index contributed by atoms with van der Waals surface area (Å²) < 4.78 is 3.13. The van der Waals surface area contributed by atoms with Gasteiger partial charge in [-0.2, -0.15) is 6.92 Å². The molecule has 0 amide bonds. The van der Waals surface area contributed by atoms with Gasteiger partial charge < -0.3 is 12.2 Å². The summed E-state index contributed by atoms with van der Waals surface area (Å²) in [6.07, 6.45) is 2.92. The number of nitrogens with zero attached hydrogens (tertiary/aromatic N) is 3. The van der Waals surface area contributed by atoms with Gasteiger partial charge in [0, 0.05) is 46.0 Å². The molecule has 0 spiro atoms. The standard InChI is InChI=1S/C15H14N4O.C7H8.C3H8.C2H5.Y/c1-11(16-2)18-12-7-3-4-8-13(12)19(15(18)20)14-9-5-6-10-17-14;1-7-5-3-2-4-6-7;1-3-2;1-2;/h3-10,16H,1H2,2H3;2-6H,1H3;3H2,1-2H3;1H2,2H3;/q;;;-1;. The van der Waals surface area contributed by atoms with Crippen LogP contribution in [0.4, 0.5) is 0 Å². The van der Waals surface area contributed by atoms with Gasteiger partial charge in [-0.05, 0) is 31.2 Å². The molecule has 0 unspecified atom stereocenters. The third-order valence-corrected chi connectivity index (χ3v) is 4.12. The van der Waals surface area contributed by atoms with Crippen LogP contribution >= 0.6 is 0 Å². The summed E-state index contributed by atoms with van der Waals surface area (Å²) in [6, 6.07) is 23.3. The van der Waals surface area contributed by atoms with Crippen LogP contribution < -0.4 is 11.0 Å². The first-order chi connectivity index (χ1) is 15.5. The van der Waals surface area contributed by atoms with Crippen LogP contribution in [0.5, 0.6) is 0 Å². The van der Waals surface area contributed by atoms with Gasteiger partial charge >= 0.3 is 5.69 Å². The maximum atomic E-state index is 12.7. The third kappa shape index (κ3) is 8.75. The number of hydrogen-bond acceptors (Lipinski definition) is 3.